The first-order valence-corrected chi connectivity index (χ1v) is 31.0. The zero-order chi connectivity index (χ0) is 54.8. The van der Waals surface area contributed by atoms with Gasteiger partial charge in [-0.25, -0.2) is 0 Å². The van der Waals surface area contributed by atoms with Gasteiger partial charge in [-0.15, -0.1) is 0 Å². The Morgan fingerprint density at radius 1 is 0.354 bits per heavy atom. The van der Waals surface area contributed by atoms with Gasteiger partial charge in [0.15, 0.2) is 0 Å². The fraction of sp³-hybridized carbons (Fsp3) is 0.377. The fourth-order valence-corrected chi connectivity index (χ4v) is 16.7. The Balaban J connectivity index is 0.903. The Labute approximate surface area is 475 Å². The average Bonchev–Trinajstić information content (AvgIpc) is 3.02. The van der Waals surface area contributed by atoms with Gasteiger partial charge in [0.25, 0.3) is 0 Å². The van der Waals surface area contributed by atoms with Crippen LogP contribution in [0, 0.1) is 20.8 Å². The van der Waals surface area contributed by atoms with E-state index in [2.05, 4.69) is 221 Å². The molecule has 0 saturated heterocycles. The fourth-order valence-electron chi connectivity index (χ4n) is 16.7. The van der Waals surface area contributed by atoms with Gasteiger partial charge in [-0.05, 0) is 158 Å². The lowest BCUT2D eigenvalue weighted by molar-refractivity contribution is 0.398. The largest absolute Gasteiger partial charge is 0.310 e. The SMILES string of the molecule is CCCCCCCCC1(CCCCCCCC)c2ccccc2-c2ccc(-c3ccc4c(c3)C(C)(C)c3cc(-c5cc6c7c(c5)C(C)(C)c5cccc8c5N7c5c(cccc5C8(C)C)B6c5c(C)cc(C)cc5C)ccc3-4)cc21. The number of fused-ring (bicyclic) bond motifs is 6. The standard InChI is InChI=1S/C77H84BN/c1-12-14-16-18-20-24-40-77(41-25-21-19-17-15-13-2)60-29-23-22-28-56(60)59-39-35-53(46-66(59)77)52-34-37-57-58-38-36-54(45-65(58)76(10,11)64(57)44-52)55-47-67-73-69(48-55)78(70-50(4)42-49(3)43-51(70)5)68-33-27-32-63-72(68)79(73)71-61(74(63,6)7)30-26-31-62(71)75(67,8)9/h22-23,26-39,42-48H,12-21,24-25,40-41H2,1-11H3. The summed E-state index contributed by atoms with van der Waals surface area (Å²) in [6.07, 6.45) is 18.5. The third kappa shape index (κ3) is 7.90. The quantitative estimate of drug-likeness (QED) is 0.0649. The molecule has 79 heavy (non-hydrogen) atoms. The van der Waals surface area contributed by atoms with E-state index in [1.807, 2.05) is 0 Å². The van der Waals surface area contributed by atoms with Gasteiger partial charge in [0, 0.05) is 33.0 Å². The van der Waals surface area contributed by atoms with E-state index in [1.165, 1.54) is 218 Å². The van der Waals surface area contributed by atoms with E-state index in [4.69, 9.17) is 0 Å². The van der Waals surface area contributed by atoms with Gasteiger partial charge in [-0.3, -0.25) is 0 Å². The molecule has 2 aliphatic carbocycles. The molecule has 0 unspecified atom stereocenters. The van der Waals surface area contributed by atoms with Crippen molar-refractivity contribution in [3.63, 3.8) is 0 Å². The molecule has 8 aromatic rings. The maximum Gasteiger partial charge on any atom is 0.247 e. The third-order valence-electron chi connectivity index (χ3n) is 20.8. The third-order valence-corrected chi connectivity index (χ3v) is 20.8. The zero-order valence-electron chi connectivity index (χ0n) is 49.7. The number of nitrogens with zero attached hydrogens (tertiary/aromatic N) is 1. The monoisotopic (exact) mass is 1030 g/mol. The van der Waals surface area contributed by atoms with Crippen LogP contribution in [0.5, 0.6) is 0 Å². The van der Waals surface area contributed by atoms with Crippen LogP contribution >= 0.6 is 0 Å². The summed E-state index contributed by atoms with van der Waals surface area (Å²) >= 11 is 0. The molecule has 2 heteroatoms. The minimum absolute atomic E-state index is 0.0611. The van der Waals surface area contributed by atoms with E-state index < -0.39 is 0 Å². The molecule has 0 N–H and O–H groups in total. The van der Waals surface area contributed by atoms with Crippen LogP contribution in [0.3, 0.4) is 0 Å². The molecule has 0 aromatic heterocycles. The van der Waals surface area contributed by atoms with Gasteiger partial charge in [-0.1, -0.05) is 270 Å². The molecular formula is C77H84BN. The van der Waals surface area contributed by atoms with E-state index >= 15 is 0 Å². The Morgan fingerprint density at radius 2 is 0.785 bits per heavy atom. The molecule has 1 nitrogen and oxygen atoms in total. The summed E-state index contributed by atoms with van der Waals surface area (Å²) in [7, 11) is 0. The van der Waals surface area contributed by atoms with Gasteiger partial charge in [0.1, 0.15) is 0 Å². The highest BCUT2D eigenvalue weighted by Crippen LogP contribution is 2.61. The van der Waals surface area contributed by atoms with Crippen molar-refractivity contribution in [1.29, 1.82) is 0 Å². The summed E-state index contributed by atoms with van der Waals surface area (Å²) < 4.78 is 0. The first-order valence-electron chi connectivity index (χ1n) is 31.0. The molecule has 0 bridgehead atoms. The van der Waals surface area contributed by atoms with E-state index in [0.717, 1.165) is 0 Å². The molecule has 0 fully saturated rings. The van der Waals surface area contributed by atoms with Crippen molar-refractivity contribution in [2.75, 3.05) is 4.90 Å². The summed E-state index contributed by atoms with van der Waals surface area (Å²) in [6.45, 7) is 26.6. The lowest BCUT2D eigenvalue weighted by Gasteiger charge is -2.53. The normalized spacial score (nSPS) is 16.3. The average molecular weight is 1030 g/mol. The van der Waals surface area contributed by atoms with Crippen molar-refractivity contribution >= 4 is 40.2 Å². The highest BCUT2D eigenvalue weighted by atomic mass is 15.2. The number of rotatable bonds is 17. The molecule has 400 valence electrons. The number of unbranched alkanes of at least 4 members (excludes halogenated alkanes) is 10. The van der Waals surface area contributed by atoms with Gasteiger partial charge < -0.3 is 4.90 Å². The lowest BCUT2D eigenvalue weighted by Crippen LogP contribution is -2.61. The highest BCUT2D eigenvalue weighted by Gasteiger charge is 2.52. The molecule has 3 heterocycles. The maximum atomic E-state index is 2.72. The highest BCUT2D eigenvalue weighted by molar-refractivity contribution is 6.98. The van der Waals surface area contributed by atoms with Gasteiger partial charge in [0.2, 0.25) is 6.71 Å². The molecule has 0 saturated carbocycles. The van der Waals surface area contributed by atoms with E-state index in [-0.39, 0.29) is 28.4 Å². The van der Waals surface area contributed by atoms with Crippen molar-refractivity contribution < 1.29 is 0 Å². The van der Waals surface area contributed by atoms with Crippen molar-refractivity contribution in [3.8, 4) is 44.5 Å². The number of hydrogen-bond acceptors (Lipinski definition) is 1. The van der Waals surface area contributed by atoms with Crippen LogP contribution in [0.1, 0.15) is 206 Å². The van der Waals surface area contributed by atoms with Crippen molar-refractivity contribution in [2.45, 2.75) is 188 Å². The Hall–Kier alpha value is -6.38. The van der Waals surface area contributed by atoms with E-state index in [0.29, 0.717) is 0 Å². The van der Waals surface area contributed by atoms with Crippen LogP contribution in [0.4, 0.5) is 17.1 Å². The molecule has 8 aromatic carbocycles. The molecule has 0 spiro atoms. The van der Waals surface area contributed by atoms with Crippen molar-refractivity contribution in [3.05, 3.63) is 201 Å². The predicted octanol–water partition coefficient (Wildman–Crippen LogP) is 19.6. The number of anilines is 3. The second-order valence-corrected chi connectivity index (χ2v) is 26.8. The van der Waals surface area contributed by atoms with Crippen molar-refractivity contribution in [1.82, 2.24) is 0 Å². The zero-order valence-corrected chi connectivity index (χ0v) is 49.7. The number of hydrogen-bond donors (Lipinski definition) is 0. The first kappa shape index (κ1) is 52.0. The van der Waals surface area contributed by atoms with Crippen LogP contribution in [0.2, 0.25) is 0 Å². The summed E-state index contributed by atoms with van der Waals surface area (Å²) in [5.41, 5.74) is 34.8. The second kappa shape index (κ2) is 19.4. The van der Waals surface area contributed by atoms with Crippen LogP contribution in [0.15, 0.2) is 140 Å². The smallest absolute Gasteiger partial charge is 0.247 e. The number of para-hydroxylation sites is 2. The number of aryl methyl sites for hydroxylation is 3. The molecule has 0 radical (unpaired) electrons. The van der Waals surface area contributed by atoms with Crippen LogP contribution < -0.4 is 21.3 Å². The summed E-state index contributed by atoms with van der Waals surface area (Å²) in [5, 5.41) is 0. The Kier molecular flexibility index (Phi) is 12.8. The predicted molar refractivity (Wildman–Crippen MR) is 341 cm³/mol. The molecule has 5 aliphatic rings. The number of benzene rings is 8. The minimum atomic E-state index is -0.227. The first-order chi connectivity index (χ1) is 38.1. The molecule has 3 aliphatic heterocycles. The minimum Gasteiger partial charge on any atom is -0.310 e. The van der Waals surface area contributed by atoms with Crippen LogP contribution in [0.25, 0.3) is 44.5 Å². The van der Waals surface area contributed by atoms with Crippen LogP contribution in [-0.4, -0.2) is 6.71 Å². The summed E-state index contributed by atoms with van der Waals surface area (Å²) in [6, 6.07) is 56.4. The lowest BCUT2D eigenvalue weighted by atomic mass is 9.32. The van der Waals surface area contributed by atoms with Gasteiger partial charge in [0.05, 0.1) is 5.69 Å². The Bertz CT molecular complexity index is 3710. The Morgan fingerprint density at radius 3 is 1.38 bits per heavy atom. The van der Waals surface area contributed by atoms with Gasteiger partial charge >= 0.3 is 0 Å². The van der Waals surface area contributed by atoms with E-state index in [9.17, 15) is 0 Å². The molecule has 0 amide bonds. The summed E-state index contributed by atoms with van der Waals surface area (Å²) in [4.78, 5) is 2.72. The maximum absolute atomic E-state index is 2.72. The van der Waals surface area contributed by atoms with Gasteiger partial charge in [-0.2, -0.15) is 0 Å². The molecule has 0 atom stereocenters. The second-order valence-electron chi connectivity index (χ2n) is 26.8. The molecular weight excluding hydrogens is 950 g/mol. The topological polar surface area (TPSA) is 3.24 Å². The van der Waals surface area contributed by atoms with Crippen molar-refractivity contribution in [2.24, 2.45) is 0 Å². The van der Waals surface area contributed by atoms with Crippen LogP contribution in [-0.2, 0) is 21.7 Å². The van der Waals surface area contributed by atoms with E-state index in [1.54, 1.807) is 11.1 Å². The summed E-state index contributed by atoms with van der Waals surface area (Å²) in [5.74, 6) is 0. The molecule has 13 rings (SSSR count).